The first-order chi connectivity index (χ1) is 17.2. The highest BCUT2D eigenvalue weighted by molar-refractivity contribution is 6.24. The third-order valence-corrected chi connectivity index (χ3v) is 9.29. The van der Waals surface area contributed by atoms with E-state index in [2.05, 4.69) is 0 Å². The number of rotatable bonds is 3. The van der Waals surface area contributed by atoms with Gasteiger partial charge in [0.25, 0.3) is 0 Å². The smallest absolute Gasteiger partial charge is 0.203 e. The number of allylic oxidation sites excluding steroid dienone is 1. The Kier molecular flexibility index (Phi) is 5.56. The second kappa shape index (κ2) is 8.01. The van der Waals surface area contributed by atoms with Crippen molar-refractivity contribution >= 4 is 23.1 Å². The number of fused-ring (bicyclic) bond motifs is 3. The third kappa shape index (κ3) is 3.12. The van der Waals surface area contributed by atoms with Gasteiger partial charge in [-0.05, 0) is 49.3 Å². The molecule has 1 saturated carbocycles. The van der Waals surface area contributed by atoms with Gasteiger partial charge in [-0.2, -0.15) is 0 Å². The summed E-state index contributed by atoms with van der Waals surface area (Å²) in [5.41, 5.74) is -3.96. The fraction of sp³-hybridized carbons (Fsp3) is 0.552. The van der Waals surface area contributed by atoms with Crippen molar-refractivity contribution in [1.82, 2.24) is 0 Å². The number of aromatic hydroxyl groups is 1. The zero-order valence-electron chi connectivity index (χ0n) is 21.8. The lowest BCUT2D eigenvalue weighted by molar-refractivity contribution is -0.178. The topological polar surface area (TPSA) is 141 Å². The predicted octanol–water partition coefficient (Wildman–Crippen LogP) is 3.69. The normalized spacial score (nSPS) is 35.5. The minimum absolute atomic E-state index is 0.0730. The Bertz CT molecular complexity index is 1310. The highest BCUT2D eigenvalue weighted by Crippen LogP contribution is 2.65. The van der Waals surface area contributed by atoms with E-state index in [-0.39, 0.29) is 41.6 Å². The highest BCUT2D eigenvalue weighted by atomic mass is 16.5. The first kappa shape index (κ1) is 25.7. The summed E-state index contributed by atoms with van der Waals surface area (Å²) in [7, 11) is 0. The van der Waals surface area contributed by atoms with Gasteiger partial charge in [-0.3, -0.25) is 14.4 Å². The lowest BCUT2D eigenvalue weighted by Gasteiger charge is -2.59. The number of carbonyl (C=O) groups excluding carboxylic acids is 3. The summed E-state index contributed by atoms with van der Waals surface area (Å²) in [6.45, 7) is 9.24. The Morgan fingerprint density at radius 2 is 1.81 bits per heavy atom. The van der Waals surface area contributed by atoms with Crippen molar-refractivity contribution < 1.29 is 39.5 Å². The molecule has 4 aliphatic rings. The van der Waals surface area contributed by atoms with Crippen molar-refractivity contribution in [3.8, 4) is 5.75 Å². The van der Waals surface area contributed by atoms with Crippen LogP contribution in [0.3, 0.4) is 0 Å². The van der Waals surface area contributed by atoms with Crippen LogP contribution in [-0.4, -0.2) is 56.6 Å². The van der Waals surface area contributed by atoms with Crippen LogP contribution in [0.15, 0.2) is 29.0 Å². The van der Waals surface area contributed by atoms with Crippen LogP contribution in [0.5, 0.6) is 5.75 Å². The first-order valence-corrected chi connectivity index (χ1v) is 12.8. The van der Waals surface area contributed by atoms with Crippen LogP contribution in [-0.2, 0) is 25.5 Å². The molecule has 3 aliphatic carbocycles. The van der Waals surface area contributed by atoms with Crippen LogP contribution in [0.25, 0.3) is 5.76 Å². The van der Waals surface area contributed by atoms with Crippen molar-refractivity contribution in [2.24, 2.45) is 22.7 Å². The minimum atomic E-state index is -2.59. The molecule has 2 fully saturated rings. The fourth-order valence-electron chi connectivity index (χ4n) is 7.90. The fourth-order valence-corrected chi connectivity index (χ4v) is 7.90. The molecule has 0 radical (unpaired) electrons. The number of aliphatic hydroxyl groups is 3. The number of hydrogen-bond acceptors (Lipinski definition) is 8. The SMILES string of the molecule is CC(=O)C1=C(O)[C@]2(O)C(=O)C3=C(O)c4c(O)ccc(C5CCOC5)c4C[C@]3(C)C[C@]2(C)C(C(C)C)C1=O. The van der Waals surface area contributed by atoms with E-state index < -0.39 is 56.8 Å². The van der Waals surface area contributed by atoms with E-state index in [1.165, 1.54) is 6.07 Å². The van der Waals surface area contributed by atoms with Gasteiger partial charge < -0.3 is 25.2 Å². The molecule has 1 aliphatic heterocycles. The maximum absolute atomic E-state index is 14.3. The zero-order chi connectivity index (χ0) is 27.2. The Labute approximate surface area is 215 Å². The monoisotopic (exact) mass is 510 g/mol. The van der Waals surface area contributed by atoms with E-state index in [1.807, 2.05) is 13.0 Å². The molecule has 5 atom stereocenters. The predicted molar refractivity (Wildman–Crippen MR) is 134 cm³/mol. The standard InChI is InChI=1S/C29H34O8/c1-13(2)21-23(32)19(14(3)30)25(34)29(36)26(35)22-24(33)20-17(10-27(22,4)12-28(21,29)5)16(6-7-18(20)31)15-8-9-37-11-15/h6-7,13,15,21,31,33-34,36H,8-12H2,1-5H3/t15?,21?,27-,28-,29+/m1/s1. The van der Waals surface area contributed by atoms with Crippen LogP contribution in [0.4, 0.5) is 0 Å². The first-order valence-electron chi connectivity index (χ1n) is 12.8. The lowest BCUT2D eigenvalue weighted by Crippen LogP contribution is -2.69. The molecule has 8 heteroatoms. The lowest BCUT2D eigenvalue weighted by atomic mass is 9.43. The van der Waals surface area contributed by atoms with Crippen molar-refractivity contribution in [3.05, 3.63) is 45.7 Å². The summed E-state index contributed by atoms with van der Waals surface area (Å²) >= 11 is 0. The second-order valence-corrected chi connectivity index (χ2v) is 12.0. The summed E-state index contributed by atoms with van der Waals surface area (Å²) < 4.78 is 5.58. The summed E-state index contributed by atoms with van der Waals surface area (Å²) in [6.07, 6.45) is 1.15. The molecule has 198 valence electrons. The van der Waals surface area contributed by atoms with E-state index in [9.17, 15) is 34.8 Å². The third-order valence-electron chi connectivity index (χ3n) is 9.29. The Balaban J connectivity index is 1.81. The quantitative estimate of drug-likeness (QED) is 0.451. The molecule has 1 heterocycles. The van der Waals surface area contributed by atoms with Crippen LogP contribution in [0, 0.1) is 22.7 Å². The summed E-state index contributed by atoms with van der Waals surface area (Å²) in [5.74, 6) is -5.07. The summed E-state index contributed by atoms with van der Waals surface area (Å²) in [4.78, 5) is 40.3. The van der Waals surface area contributed by atoms with Gasteiger partial charge in [-0.25, -0.2) is 0 Å². The Hall–Kier alpha value is -2.97. The number of Topliss-reactive ketones (excluding diaryl/α,β-unsaturated/α-hetero) is 3. The van der Waals surface area contributed by atoms with Gasteiger partial charge >= 0.3 is 0 Å². The number of ketones is 3. The van der Waals surface area contributed by atoms with Gasteiger partial charge in [0.2, 0.25) is 5.78 Å². The molecule has 37 heavy (non-hydrogen) atoms. The number of aliphatic hydroxyl groups excluding tert-OH is 2. The Morgan fingerprint density at radius 3 is 2.38 bits per heavy atom. The largest absolute Gasteiger partial charge is 0.508 e. The molecule has 2 unspecified atom stereocenters. The molecule has 1 aromatic carbocycles. The number of carbonyl (C=O) groups is 3. The number of hydrogen-bond donors (Lipinski definition) is 4. The van der Waals surface area contributed by atoms with Gasteiger partial charge in [0.1, 0.15) is 22.8 Å². The van der Waals surface area contributed by atoms with Crippen LogP contribution < -0.4 is 0 Å². The number of ether oxygens (including phenoxy) is 1. The molecule has 5 rings (SSSR count). The average molecular weight is 511 g/mol. The molecule has 1 aromatic rings. The van der Waals surface area contributed by atoms with E-state index in [0.29, 0.717) is 18.8 Å². The molecule has 0 spiro atoms. The van der Waals surface area contributed by atoms with E-state index in [4.69, 9.17) is 4.74 Å². The Morgan fingerprint density at radius 1 is 1.14 bits per heavy atom. The minimum Gasteiger partial charge on any atom is -0.508 e. The van der Waals surface area contributed by atoms with Gasteiger partial charge in [0, 0.05) is 34.8 Å². The number of benzene rings is 1. The van der Waals surface area contributed by atoms with E-state index in [0.717, 1.165) is 18.9 Å². The van der Waals surface area contributed by atoms with Crippen LogP contribution >= 0.6 is 0 Å². The van der Waals surface area contributed by atoms with Gasteiger partial charge in [-0.15, -0.1) is 0 Å². The van der Waals surface area contributed by atoms with Crippen molar-refractivity contribution in [1.29, 1.82) is 0 Å². The van der Waals surface area contributed by atoms with Crippen LogP contribution in [0.1, 0.15) is 70.1 Å². The average Bonchev–Trinajstić information content (AvgIpc) is 3.30. The summed E-state index contributed by atoms with van der Waals surface area (Å²) in [6, 6.07) is 3.31. The molecule has 1 saturated heterocycles. The maximum Gasteiger partial charge on any atom is 0.203 e. The summed E-state index contributed by atoms with van der Waals surface area (Å²) in [5, 5.41) is 45.6. The van der Waals surface area contributed by atoms with Gasteiger partial charge in [0.15, 0.2) is 17.2 Å². The zero-order valence-corrected chi connectivity index (χ0v) is 21.8. The van der Waals surface area contributed by atoms with Crippen molar-refractivity contribution in [2.45, 2.75) is 65.4 Å². The second-order valence-electron chi connectivity index (χ2n) is 12.0. The van der Waals surface area contributed by atoms with E-state index >= 15 is 0 Å². The maximum atomic E-state index is 14.3. The molecule has 4 N–H and O–H groups in total. The van der Waals surface area contributed by atoms with Crippen molar-refractivity contribution in [2.75, 3.05) is 13.2 Å². The highest BCUT2D eigenvalue weighted by Gasteiger charge is 2.72. The van der Waals surface area contributed by atoms with Crippen molar-refractivity contribution in [3.63, 3.8) is 0 Å². The molecular weight excluding hydrogens is 476 g/mol. The van der Waals surface area contributed by atoms with Crippen LogP contribution in [0.2, 0.25) is 0 Å². The van der Waals surface area contributed by atoms with Gasteiger partial charge in [0.05, 0.1) is 12.2 Å². The molecular formula is C29H34O8. The molecule has 0 amide bonds. The molecule has 0 bridgehead atoms. The number of phenolic OH excluding ortho intramolecular Hbond substituents is 1. The van der Waals surface area contributed by atoms with Gasteiger partial charge in [-0.1, -0.05) is 33.8 Å². The number of phenols is 1. The molecule has 0 aromatic heterocycles. The van der Waals surface area contributed by atoms with E-state index in [1.54, 1.807) is 20.8 Å². The molecule has 8 nitrogen and oxygen atoms in total.